The third-order valence-electron chi connectivity index (χ3n) is 4.75. The molecule has 0 atom stereocenters. The van der Waals surface area contributed by atoms with Crippen molar-refractivity contribution >= 4 is 39.0 Å². The summed E-state index contributed by atoms with van der Waals surface area (Å²) >= 11 is 0. The van der Waals surface area contributed by atoms with Gasteiger partial charge in [0.25, 0.3) is 10.0 Å². The number of hydrogen-bond donors (Lipinski definition) is 0. The minimum absolute atomic E-state index is 0.0366. The summed E-state index contributed by atoms with van der Waals surface area (Å²) in [5, 5.41) is 0. The van der Waals surface area contributed by atoms with E-state index in [1.54, 1.807) is 24.3 Å². The summed E-state index contributed by atoms with van der Waals surface area (Å²) in [6, 6.07) is 12.3. The van der Waals surface area contributed by atoms with Crippen LogP contribution in [0.5, 0.6) is 0 Å². The predicted molar refractivity (Wildman–Crippen MR) is 98.1 cm³/mol. The fraction of sp³-hybridized carbons (Fsp3) is 0.211. The van der Waals surface area contributed by atoms with Crippen LogP contribution in [0.3, 0.4) is 0 Å². The Morgan fingerprint density at radius 3 is 2.07 bits per heavy atom. The lowest BCUT2D eigenvalue weighted by Gasteiger charge is -2.29. The summed E-state index contributed by atoms with van der Waals surface area (Å²) in [6.45, 7) is 0.0724. The van der Waals surface area contributed by atoms with E-state index >= 15 is 0 Å². The van der Waals surface area contributed by atoms with Crippen LogP contribution in [0.4, 0.5) is 11.4 Å². The molecule has 2 aliphatic rings. The molecule has 2 amide bonds. The van der Waals surface area contributed by atoms with Gasteiger partial charge in [0.2, 0.25) is 11.8 Å². The third kappa shape index (κ3) is 2.82. The van der Waals surface area contributed by atoms with E-state index in [2.05, 4.69) is 0 Å². The minimum Gasteiger partial charge on any atom is -0.294 e. The first-order chi connectivity index (χ1) is 12.9. The quantitative estimate of drug-likeness (QED) is 0.756. The van der Waals surface area contributed by atoms with E-state index in [0.717, 1.165) is 4.90 Å². The van der Waals surface area contributed by atoms with Crippen molar-refractivity contribution in [1.82, 2.24) is 0 Å². The molecule has 4 rings (SSSR count). The molecule has 0 unspecified atom stereocenters. The number of nitrogens with zero attached hydrogens (tertiary/aromatic N) is 2. The van der Waals surface area contributed by atoms with Crippen molar-refractivity contribution in [2.75, 3.05) is 15.7 Å². The first-order valence-corrected chi connectivity index (χ1v) is 9.94. The summed E-state index contributed by atoms with van der Waals surface area (Å²) < 4.78 is 27.4. The molecule has 0 N–H and O–H groups in total. The number of fused-ring (bicyclic) bond motifs is 1. The highest BCUT2D eigenvalue weighted by Crippen LogP contribution is 2.32. The molecule has 0 radical (unpaired) electrons. The molecule has 138 valence electrons. The molecule has 1 fully saturated rings. The smallest absolute Gasteiger partial charge is 0.264 e. The third-order valence-corrected chi connectivity index (χ3v) is 6.58. The predicted octanol–water partition coefficient (Wildman–Crippen LogP) is 2.12. The van der Waals surface area contributed by atoms with Gasteiger partial charge in [0, 0.05) is 31.4 Å². The monoisotopic (exact) mass is 384 g/mol. The van der Waals surface area contributed by atoms with Crippen LogP contribution < -0.4 is 9.21 Å². The highest BCUT2D eigenvalue weighted by atomic mass is 32.2. The average molecular weight is 384 g/mol. The zero-order chi connectivity index (χ0) is 19.2. The number of benzene rings is 2. The SMILES string of the molecule is O=C1CCN(S(=O)(=O)c2ccc(N3C(=O)CCC3=O)cc2)c2ccccc21. The number of ketones is 1. The standard InChI is InChI=1S/C19H16N2O5S/c22-17-11-12-20(16-4-2-1-3-15(16)17)27(25,26)14-7-5-13(6-8-14)21-18(23)9-10-19(21)24/h1-8H,9-12H2. The van der Waals surface area contributed by atoms with Crippen molar-refractivity contribution < 1.29 is 22.8 Å². The number of sulfonamides is 1. The minimum atomic E-state index is -3.87. The number of carbonyl (C=O) groups is 3. The van der Waals surface area contributed by atoms with Crippen LogP contribution in [0.25, 0.3) is 0 Å². The summed E-state index contributed by atoms with van der Waals surface area (Å²) in [6.07, 6.45) is 0.444. The van der Waals surface area contributed by atoms with Gasteiger partial charge in [-0.05, 0) is 36.4 Å². The van der Waals surface area contributed by atoms with Crippen LogP contribution in [0.2, 0.25) is 0 Å². The molecule has 0 aliphatic carbocycles. The van der Waals surface area contributed by atoms with Gasteiger partial charge in [0.05, 0.1) is 16.3 Å². The Morgan fingerprint density at radius 2 is 1.41 bits per heavy atom. The maximum atomic E-state index is 13.1. The van der Waals surface area contributed by atoms with Crippen molar-refractivity contribution in [2.24, 2.45) is 0 Å². The first kappa shape index (κ1) is 17.4. The largest absolute Gasteiger partial charge is 0.294 e. The maximum Gasteiger partial charge on any atom is 0.264 e. The van der Waals surface area contributed by atoms with Crippen molar-refractivity contribution in [3.8, 4) is 0 Å². The number of rotatable bonds is 3. The van der Waals surface area contributed by atoms with Crippen molar-refractivity contribution in [1.29, 1.82) is 0 Å². The fourth-order valence-corrected chi connectivity index (χ4v) is 4.88. The van der Waals surface area contributed by atoms with E-state index in [-0.39, 0.29) is 48.3 Å². The van der Waals surface area contributed by atoms with Crippen LogP contribution in [-0.4, -0.2) is 32.6 Å². The lowest BCUT2D eigenvalue weighted by atomic mass is 10.0. The van der Waals surface area contributed by atoms with Gasteiger partial charge in [-0.25, -0.2) is 8.42 Å². The summed E-state index contributed by atoms with van der Waals surface area (Å²) in [7, 11) is -3.87. The van der Waals surface area contributed by atoms with Gasteiger partial charge in [0.1, 0.15) is 0 Å². The molecule has 2 aromatic carbocycles. The molecule has 7 nitrogen and oxygen atoms in total. The van der Waals surface area contributed by atoms with Gasteiger partial charge in [0.15, 0.2) is 5.78 Å². The van der Waals surface area contributed by atoms with Crippen LogP contribution >= 0.6 is 0 Å². The van der Waals surface area contributed by atoms with Gasteiger partial charge in [-0.15, -0.1) is 0 Å². The molecule has 2 heterocycles. The van der Waals surface area contributed by atoms with Crippen molar-refractivity contribution in [3.63, 3.8) is 0 Å². The molecular formula is C19H16N2O5S. The van der Waals surface area contributed by atoms with Crippen molar-refractivity contribution in [3.05, 3.63) is 54.1 Å². The van der Waals surface area contributed by atoms with E-state index in [9.17, 15) is 22.8 Å². The Morgan fingerprint density at radius 1 is 0.778 bits per heavy atom. The van der Waals surface area contributed by atoms with E-state index in [1.807, 2.05) is 0 Å². The topological polar surface area (TPSA) is 91.8 Å². The lowest BCUT2D eigenvalue weighted by molar-refractivity contribution is -0.121. The second-order valence-corrected chi connectivity index (χ2v) is 8.25. The maximum absolute atomic E-state index is 13.1. The molecule has 0 spiro atoms. The number of amides is 2. The average Bonchev–Trinajstić information content (AvgIpc) is 3.00. The van der Waals surface area contributed by atoms with Crippen LogP contribution in [-0.2, 0) is 19.6 Å². The van der Waals surface area contributed by atoms with E-state index in [0.29, 0.717) is 16.9 Å². The number of imide groups is 1. The summed E-state index contributed by atoms with van der Waals surface area (Å²) in [5.74, 6) is -0.670. The Hall–Kier alpha value is -3.00. The number of para-hydroxylation sites is 1. The van der Waals surface area contributed by atoms with Gasteiger partial charge in [-0.3, -0.25) is 23.6 Å². The number of Topliss-reactive ketones (excluding diaryl/α,β-unsaturated/α-hetero) is 1. The second-order valence-electron chi connectivity index (χ2n) is 6.38. The summed E-state index contributed by atoms with van der Waals surface area (Å²) in [5.41, 5.74) is 1.11. The number of carbonyl (C=O) groups excluding carboxylic acids is 3. The van der Waals surface area contributed by atoms with E-state index < -0.39 is 10.0 Å². The molecule has 0 aromatic heterocycles. The Labute approximate surface area is 156 Å². The van der Waals surface area contributed by atoms with Gasteiger partial charge in [-0.2, -0.15) is 0 Å². The first-order valence-electron chi connectivity index (χ1n) is 8.50. The number of hydrogen-bond acceptors (Lipinski definition) is 5. The molecular weight excluding hydrogens is 368 g/mol. The second kappa shape index (κ2) is 6.31. The molecule has 1 saturated heterocycles. The van der Waals surface area contributed by atoms with Crippen LogP contribution in [0.1, 0.15) is 29.6 Å². The van der Waals surface area contributed by atoms with Gasteiger partial charge in [-0.1, -0.05) is 12.1 Å². The molecule has 2 aliphatic heterocycles. The van der Waals surface area contributed by atoms with E-state index in [4.69, 9.17) is 0 Å². The molecule has 0 bridgehead atoms. The fourth-order valence-electron chi connectivity index (χ4n) is 3.39. The Kier molecular flexibility index (Phi) is 4.07. The molecule has 8 heteroatoms. The zero-order valence-electron chi connectivity index (χ0n) is 14.3. The Bertz CT molecular complexity index is 1040. The summed E-state index contributed by atoms with van der Waals surface area (Å²) in [4.78, 5) is 36.8. The van der Waals surface area contributed by atoms with Crippen molar-refractivity contribution in [2.45, 2.75) is 24.2 Å². The molecule has 2 aromatic rings. The van der Waals surface area contributed by atoms with E-state index in [1.165, 1.54) is 28.6 Å². The lowest BCUT2D eigenvalue weighted by Crippen LogP contribution is -2.37. The normalized spacial score (nSPS) is 17.4. The number of anilines is 2. The van der Waals surface area contributed by atoms with Crippen LogP contribution in [0.15, 0.2) is 53.4 Å². The van der Waals surface area contributed by atoms with Crippen LogP contribution in [0, 0.1) is 0 Å². The van der Waals surface area contributed by atoms with Gasteiger partial charge < -0.3 is 0 Å². The van der Waals surface area contributed by atoms with Gasteiger partial charge >= 0.3 is 0 Å². The Balaban J connectivity index is 1.69. The molecule has 0 saturated carbocycles. The highest BCUT2D eigenvalue weighted by molar-refractivity contribution is 7.92. The highest BCUT2D eigenvalue weighted by Gasteiger charge is 2.33. The molecule has 27 heavy (non-hydrogen) atoms. The zero-order valence-corrected chi connectivity index (χ0v) is 15.1.